The molecule has 5 nitrogen and oxygen atoms in total. The number of rotatable bonds is 6. The third-order valence-electron chi connectivity index (χ3n) is 5.19. The van der Waals surface area contributed by atoms with Crippen LogP contribution in [-0.4, -0.2) is 29.7 Å². The van der Waals surface area contributed by atoms with Crippen molar-refractivity contribution in [1.82, 2.24) is 9.88 Å². The average Bonchev–Trinajstić information content (AvgIpc) is 3.40. The van der Waals surface area contributed by atoms with Crippen molar-refractivity contribution in [2.45, 2.75) is 25.5 Å². The Morgan fingerprint density at radius 2 is 2.00 bits per heavy atom. The second kappa shape index (κ2) is 8.76. The van der Waals surface area contributed by atoms with Gasteiger partial charge in [-0.3, -0.25) is 4.79 Å². The fourth-order valence-electron chi connectivity index (χ4n) is 3.71. The van der Waals surface area contributed by atoms with Crippen LogP contribution in [0.25, 0.3) is 17.0 Å². The minimum Gasteiger partial charge on any atom is -0.376 e. The maximum absolute atomic E-state index is 12.5. The molecule has 0 spiro atoms. The molecule has 1 saturated heterocycles. The Labute approximate surface area is 170 Å². The SMILES string of the molecule is N#CC(=Cc1cn(Cc2ccccc2)c2ccccc12)C(=O)NCC1CCCO1. The Morgan fingerprint density at radius 1 is 1.21 bits per heavy atom. The summed E-state index contributed by atoms with van der Waals surface area (Å²) in [7, 11) is 0. The number of hydrogen-bond acceptors (Lipinski definition) is 3. The standard InChI is InChI=1S/C24H23N3O2/c25-14-19(24(28)26-15-21-9-6-12-29-21)13-20-17-27(16-18-7-2-1-3-8-18)23-11-5-4-10-22(20)23/h1-5,7-8,10-11,13,17,21H,6,9,12,15-16H2,(H,26,28). The predicted octanol–water partition coefficient (Wildman–Crippen LogP) is 3.89. The molecule has 1 amide bonds. The van der Waals surface area contributed by atoms with Crippen LogP contribution in [-0.2, 0) is 16.1 Å². The highest BCUT2D eigenvalue weighted by Crippen LogP contribution is 2.24. The van der Waals surface area contributed by atoms with Crippen LogP contribution in [0.1, 0.15) is 24.0 Å². The number of para-hydroxylation sites is 1. The molecule has 4 rings (SSSR count). The van der Waals surface area contributed by atoms with Gasteiger partial charge >= 0.3 is 0 Å². The van der Waals surface area contributed by atoms with E-state index in [4.69, 9.17) is 4.74 Å². The number of nitriles is 1. The molecule has 0 bridgehead atoms. The largest absolute Gasteiger partial charge is 0.376 e. The smallest absolute Gasteiger partial charge is 0.262 e. The summed E-state index contributed by atoms with van der Waals surface area (Å²) >= 11 is 0. The van der Waals surface area contributed by atoms with Gasteiger partial charge in [-0.15, -0.1) is 0 Å². The van der Waals surface area contributed by atoms with Crippen molar-refractivity contribution in [2.24, 2.45) is 0 Å². The first-order valence-corrected chi connectivity index (χ1v) is 9.88. The zero-order chi connectivity index (χ0) is 20.1. The molecule has 2 aromatic carbocycles. The molecule has 1 N–H and O–H groups in total. The molecule has 146 valence electrons. The number of fused-ring (bicyclic) bond motifs is 1. The molecule has 0 radical (unpaired) electrons. The Kier molecular flexibility index (Phi) is 5.73. The van der Waals surface area contributed by atoms with Gasteiger partial charge in [0.05, 0.1) is 6.10 Å². The fraction of sp³-hybridized carbons (Fsp3) is 0.250. The molecule has 1 aromatic heterocycles. The lowest BCUT2D eigenvalue weighted by Gasteiger charge is -2.10. The normalized spacial score (nSPS) is 16.7. The Balaban J connectivity index is 1.60. The summed E-state index contributed by atoms with van der Waals surface area (Å²) in [4.78, 5) is 12.5. The van der Waals surface area contributed by atoms with Gasteiger partial charge in [0.2, 0.25) is 0 Å². The van der Waals surface area contributed by atoms with Gasteiger partial charge in [0.25, 0.3) is 5.91 Å². The number of aromatic nitrogens is 1. The topological polar surface area (TPSA) is 67.0 Å². The van der Waals surface area contributed by atoms with E-state index in [0.29, 0.717) is 6.54 Å². The molecule has 5 heteroatoms. The lowest BCUT2D eigenvalue weighted by Crippen LogP contribution is -2.32. The molecule has 29 heavy (non-hydrogen) atoms. The lowest BCUT2D eigenvalue weighted by molar-refractivity contribution is -0.117. The Hall–Kier alpha value is -3.36. The highest BCUT2D eigenvalue weighted by molar-refractivity contribution is 6.04. The van der Waals surface area contributed by atoms with Crippen LogP contribution in [0.4, 0.5) is 0 Å². The van der Waals surface area contributed by atoms with Crippen LogP contribution in [0.15, 0.2) is 66.4 Å². The van der Waals surface area contributed by atoms with Gasteiger partial charge in [-0.05, 0) is 30.5 Å². The van der Waals surface area contributed by atoms with E-state index in [1.54, 1.807) is 6.08 Å². The first kappa shape index (κ1) is 19.0. The third-order valence-corrected chi connectivity index (χ3v) is 5.19. The third kappa shape index (κ3) is 4.39. The van der Waals surface area contributed by atoms with E-state index >= 15 is 0 Å². The monoisotopic (exact) mass is 385 g/mol. The highest BCUT2D eigenvalue weighted by atomic mass is 16.5. The molecule has 0 saturated carbocycles. The summed E-state index contributed by atoms with van der Waals surface area (Å²) < 4.78 is 7.68. The number of carbonyl (C=O) groups is 1. The average molecular weight is 385 g/mol. The van der Waals surface area contributed by atoms with Gasteiger partial charge in [-0.1, -0.05) is 48.5 Å². The van der Waals surface area contributed by atoms with Crippen molar-refractivity contribution in [3.05, 3.63) is 77.5 Å². The van der Waals surface area contributed by atoms with Crippen LogP contribution in [0.5, 0.6) is 0 Å². The maximum Gasteiger partial charge on any atom is 0.262 e. The van der Waals surface area contributed by atoms with Crippen molar-refractivity contribution >= 4 is 22.9 Å². The van der Waals surface area contributed by atoms with Crippen molar-refractivity contribution in [2.75, 3.05) is 13.2 Å². The molecular weight excluding hydrogens is 362 g/mol. The van der Waals surface area contributed by atoms with Crippen LogP contribution in [0, 0.1) is 11.3 Å². The van der Waals surface area contributed by atoms with E-state index in [-0.39, 0.29) is 17.6 Å². The molecule has 1 aliphatic rings. The summed E-state index contributed by atoms with van der Waals surface area (Å²) in [6, 6.07) is 20.3. The summed E-state index contributed by atoms with van der Waals surface area (Å²) in [5, 5.41) is 13.4. The molecule has 2 heterocycles. The number of benzene rings is 2. The molecule has 1 atom stereocenters. The Morgan fingerprint density at radius 3 is 2.76 bits per heavy atom. The predicted molar refractivity (Wildman–Crippen MR) is 113 cm³/mol. The van der Waals surface area contributed by atoms with Gasteiger partial charge in [-0.25, -0.2) is 0 Å². The van der Waals surface area contributed by atoms with E-state index in [1.165, 1.54) is 5.56 Å². The second-order valence-corrected chi connectivity index (χ2v) is 7.23. The quantitative estimate of drug-likeness (QED) is 0.517. The van der Waals surface area contributed by atoms with E-state index in [0.717, 1.165) is 42.5 Å². The Bertz CT molecular complexity index is 1070. The lowest BCUT2D eigenvalue weighted by atomic mass is 10.1. The van der Waals surface area contributed by atoms with Crippen molar-refractivity contribution in [3.8, 4) is 6.07 Å². The first-order chi connectivity index (χ1) is 14.2. The van der Waals surface area contributed by atoms with Gasteiger partial charge < -0.3 is 14.6 Å². The number of amides is 1. The minimum atomic E-state index is -0.358. The van der Waals surface area contributed by atoms with E-state index in [1.807, 2.05) is 48.7 Å². The van der Waals surface area contributed by atoms with Crippen LogP contribution in [0.2, 0.25) is 0 Å². The zero-order valence-electron chi connectivity index (χ0n) is 16.2. The number of nitrogens with zero attached hydrogens (tertiary/aromatic N) is 2. The number of ether oxygens (including phenoxy) is 1. The number of nitrogens with one attached hydrogen (secondary N) is 1. The minimum absolute atomic E-state index is 0.0479. The fourth-order valence-corrected chi connectivity index (χ4v) is 3.71. The van der Waals surface area contributed by atoms with Crippen LogP contribution >= 0.6 is 0 Å². The molecule has 1 unspecified atom stereocenters. The number of carbonyl (C=O) groups excluding carboxylic acids is 1. The molecule has 1 fully saturated rings. The maximum atomic E-state index is 12.5. The van der Waals surface area contributed by atoms with Gasteiger partial charge in [-0.2, -0.15) is 5.26 Å². The van der Waals surface area contributed by atoms with Crippen molar-refractivity contribution < 1.29 is 9.53 Å². The second-order valence-electron chi connectivity index (χ2n) is 7.23. The summed E-state index contributed by atoms with van der Waals surface area (Å²) in [6.45, 7) is 1.90. The van der Waals surface area contributed by atoms with Crippen LogP contribution < -0.4 is 5.32 Å². The molecule has 0 aliphatic carbocycles. The van der Waals surface area contributed by atoms with E-state index in [2.05, 4.69) is 28.1 Å². The summed E-state index contributed by atoms with van der Waals surface area (Å²) in [6.07, 6.45) is 5.69. The highest BCUT2D eigenvalue weighted by Gasteiger charge is 2.18. The summed E-state index contributed by atoms with van der Waals surface area (Å²) in [5.41, 5.74) is 3.23. The first-order valence-electron chi connectivity index (χ1n) is 9.88. The van der Waals surface area contributed by atoms with Crippen LogP contribution in [0.3, 0.4) is 0 Å². The van der Waals surface area contributed by atoms with Gasteiger partial charge in [0.1, 0.15) is 11.6 Å². The van der Waals surface area contributed by atoms with Gasteiger partial charge in [0.15, 0.2) is 0 Å². The van der Waals surface area contributed by atoms with Crippen molar-refractivity contribution in [3.63, 3.8) is 0 Å². The molecular formula is C24H23N3O2. The van der Waals surface area contributed by atoms with E-state index in [9.17, 15) is 10.1 Å². The zero-order valence-corrected chi connectivity index (χ0v) is 16.2. The van der Waals surface area contributed by atoms with Crippen molar-refractivity contribution in [1.29, 1.82) is 5.26 Å². The molecule has 3 aromatic rings. The van der Waals surface area contributed by atoms with E-state index < -0.39 is 0 Å². The summed E-state index contributed by atoms with van der Waals surface area (Å²) in [5.74, 6) is -0.358. The number of hydrogen-bond donors (Lipinski definition) is 1. The van der Waals surface area contributed by atoms with Gasteiger partial charge in [0, 0.05) is 42.4 Å². The molecule has 1 aliphatic heterocycles.